The molecular weight excluding hydrogens is 261 g/mol. The molecule has 0 unspecified atom stereocenters. The Hall–Kier alpha value is 0.880. The smallest absolute Gasteiger partial charge is 0.247 e. The van der Waals surface area contributed by atoms with Crippen LogP contribution in [-0.4, -0.2) is 31.1 Å². The van der Waals surface area contributed by atoms with E-state index in [0.29, 0.717) is 13.2 Å². The summed E-state index contributed by atoms with van der Waals surface area (Å²) in [5, 5.41) is 3.42. The minimum Gasteiger partial charge on any atom is -0.322 e. The van der Waals surface area contributed by atoms with Crippen LogP contribution < -0.4 is 5.32 Å². The fourth-order valence-electron chi connectivity index (χ4n) is 1.01. The molecule has 6 heteroatoms. The lowest BCUT2D eigenvalue weighted by atomic mass is 10.1. The Labute approximate surface area is 109 Å². The molecule has 0 saturated heterocycles. The van der Waals surface area contributed by atoms with Crippen molar-refractivity contribution in [1.82, 2.24) is 5.32 Å². The monoisotopic (exact) mass is 285 g/mol. The maximum absolute atomic E-state index is 5.54. The van der Waals surface area contributed by atoms with Crippen molar-refractivity contribution in [3.8, 4) is 0 Å². The SMILES string of the molecule is CCOP(=S)(OCC)SCCNC(C)(C)C. The molecule has 0 radical (unpaired) electrons. The Balaban J connectivity index is 3.90. The van der Waals surface area contributed by atoms with Crippen molar-refractivity contribution < 1.29 is 9.05 Å². The van der Waals surface area contributed by atoms with E-state index in [1.807, 2.05) is 13.8 Å². The van der Waals surface area contributed by atoms with E-state index in [1.165, 1.54) is 0 Å². The molecule has 0 aliphatic rings. The van der Waals surface area contributed by atoms with Gasteiger partial charge in [0.05, 0.1) is 13.2 Å². The predicted molar refractivity (Wildman–Crippen MR) is 77.8 cm³/mol. The molecule has 0 aliphatic heterocycles. The van der Waals surface area contributed by atoms with Crippen molar-refractivity contribution in [2.24, 2.45) is 0 Å². The van der Waals surface area contributed by atoms with Gasteiger partial charge in [0, 0.05) is 17.8 Å². The number of nitrogens with one attached hydrogen (secondary N) is 1. The zero-order chi connectivity index (χ0) is 12.7. The fourth-order valence-corrected chi connectivity index (χ4v) is 5.61. The van der Waals surface area contributed by atoms with Crippen molar-refractivity contribution in [2.45, 2.75) is 40.2 Å². The van der Waals surface area contributed by atoms with Gasteiger partial charge in [0.2, 0.25) is 5.69 Å². The van der Waals surface area contributed by atoms with E-state index >= 15 is 0 Å². The van der Waals surface area contributed by atoms with E-state index in [1.54, 1.807) is 11.4 Å². The Bertz CT molecular complexity index is 221. The highest BCUT2D eigenvalue weighted by atomic mass is 32.9. The van der Waals surface area contributed by atoms with E-state index in [4.69, 9.17) is 20.9 Å². The van der Waals surface area contributed by atoms with E-state index in [0.717, 1.165) is 12.3 Å². The predicted octanol–water partition coefficient (Wildman–Crippen LogP) is 3.41. The summed E-state index contributed by atoms with van der Waals surface area (Å²) in [7, 11) is 0. The summed E-state index contributed by atoms with van der Waals surface area (Å²) in [6.45, 7) is 12.5. The molecule has 0 aromatic carbocycles. The lowest BCUT2D eigenvalue weighted by molar-refractivity contribution is 0.280. The zero-order valence-corrected chi connectivity index (χ0v) is 13.4. The van der Waals surface area contributed by atoms with Crippen molar-refractivity contribution in [3.05, 3.63) is 0 Å². The second-order valence-corrected chi connectivity index (χ2v) is 10.7. The first-order valence-corrected chi connectivity index (χ1v) is 9.84. The van der Waals surface area contributed by atoms with Gasteiger partial charge in [-0.2, -0.15) is 0 Å². The van der Waals surface area contributed by atoms with Gasteiger partial charge in [0.15, 0.2) is 0 Å². The van der Waals surface area contributed by atoms with Gasteiger partial charge in [-0.25, -0.2) is 0 Å². The van der Waals surface area contributed by atoms with Gasteiger partial charge in [0.25, 0.3) is 0 Å². The largest absolute Gasteiger partial charge is 0.322 e. The highest BCUT2D eigenvalue weighted by Gasteiger charge is 2.18. The molecular formula is C10H24NO2PS2. The van der Waals surface area contributed by atoms with E-state index in [-0.39, 0.29) is 5.54 Å². The Morgan fingerprint density at radius 2 is 1.69 bits per heavy atom. The molecule has 16 heavy (non-hydrogen) atoms. The average Bonchev–Trinajstić information content (AvgIpc) is 2.12. The molecule has 0 aliphatic carbocycles. The van der Waals surface area contributed by atoms with Crippen LogP contribution in [-0.2, 0) is 20.9 Å². The van der Waals surface area contributed by atoms with Crippen LogP contribution in [0.15, 0.2) is 0 Å². The maximum atomic E-state index is 5.54. The van der Waals surface area contributed by atoms with Crippen LogP contribution in [0.5, 0.6) is 0 Å². The van der Waals surface area contributed by atoms with Gasteiger partial charge >= 0.3 is 0 Å². The summed E-state index contributed by atoms with van der Waals surface area (Å²) in [5.74, 6) is 0.925. The molecule has 1 N–H and O–H groups in total. The van der Waals surface area contributed by atoms with Crippen LogP contribution in [0.2, 0.25) is 0 Å². The molecule has 0 heterocycles. The highest BCUT2D eigenvalue weighted by molar-refractivity contribution is 8.67. The first kappa shape index (κ1) is 16.9. The quantitative estimate of drug-likeness (QED) is 0.545. The molecule has 0 fully saturated rings. The Morgan fingerprint density at radius 1 is 1.19 bits per heavy atom. The average molecular weight is 285 g/mol. The topological polar surface area (TPSA) is 30.5 Å². The summed E-state index contributed by atoms with van der Waals surface area (Å²) in [6.07, 6.45) is 0. The van der Waals surface area contributed by atoms with Crippen LogP contribution in [0.25, 0.3) is 0 Å². The number of hydrogen-bond donors (Lipinski definition) is 1. The molecule has 0 aromatic heterocycles. The fraction of sp³-hybridized carbons (Fsp3) is 1.00. The molecule has 0 rings (SSSR count). The van der Waals surface area contributed by atoms with E-state index in [2.05, 4.69) is 26.1 Å². The third-order valence-corrected chi connectivity index (χ3v) is 7.14. The number of rotatable bonds is 8. The van der Waals surface area contributed by atoms with Crippen LogP contribution in [0.4, 0.5) is 0 Å². The van der Waals surface area contributed by atoms with E-state index in [9.17, 15) is 0 Å². The van der Waals surface area contributed by atoms with Crippen LogP contribution in [0.1, 0.15) is 34.6 Å². The first-order chi connectivity index (χ1) is 7.33. The van der Waals surface area contributed by atoms with Gasteiger partial charge in [-0.3, -0.25) is 0 Å². The standard InChI is InChI=1S/C10H24NO2PS2/c1-6-12-14(15,13-7-2)16-9-8-11-10(3,4)5/h11H,6-9H2,1-5H3. The third kappa shape index (κ3) is 8.97. The lowest BCUT2D eigenvalue weighted by Crippen LogP contribution is -2.37. The third-order valence-electron chi connectivity index (χ3n) is 1.58. The Kier molecular flexibility index (Phi) is 8.51. The minimum atomic E-state index is -2.09. The second-order valence-electron chi connectivity index (χ2n) is 4.29. The van der Waals surface area contributed by atoms with Gasteiger partial charge in [-0.15, -0.1) is 0 Å². The van der Waals surface area contributed by atoms with Gasteiger partial charge in [-0.05, 0) is 46.4 Å². The molecule has 0 bridgehead atoms. The summed E-state index contributed by atoms with van der Waals surface area (Å²) in [6, 6.07) is 0. The normalized spacial score (nSPS) is 13.1. The summed E-state index contributed by atoms with van der Waals surface area (Å²) in [4.78, 5) is 0. The molecule has 0 saturated carbocycles. The summed E-state index contributed by atoms with van der Waals surface area (Å²) in [5.41, 5.74) is -1.94. The summed E-state index contributed by atoms with van der Waals surface area (Å²) < 4.78 is 11.1. The molecule has 3 nitrogen and oxygen atoms in total. The van der Waals surface area contributed by atoms with Gasteiger partial charge in [-0.1, -0.05) is 11.4 Å². The molecule has 0 amide bonds. The maximum Gasteiger partial charge on any atom is 0.247 e. The Morgan fingerprint density at radius 3 is 2.06 bits per heavy atom. The molecule has 0 aromatic rings. The van der Waals surface area contributed by atoms with Gasteiger partial charge in [0.1, 0.15) is 0 Å². The van der Waals surface area contributed by atoms with Crippen molar-refractivity contribution in [3.63, 3.8) is 0 Å². The van der Waals surface area contributed by atoms with Crippen molar-refractivity contribution in [2.75, 3.05) is 25.5 Å². The first-order valence-electron chi connectivity index (χ1n) is 5.61. The van der Waals surface area contributed by atoms with Crippen LogP contribution in [0.3, 0.4) is 0 Å². The van der Waals surface area contributed by atoms with Crippen LogP contribution in [0, 0.1) is 0 Å². The molecule has 0 atom stereocenters. The second kappa shape index (κ2) is 8.06. The minimum absolute atomic E-state index is 0.153. The molecule has 98 valence electrons. The highest BCUT2D eigenvalue weighted by Crippen LogP contribution is 2.60. The zero-order valence-electron chi connectivity index (χ0n) is 10.9. The molecule has 0 spiro atoms. The summed E-state index contributed by atoms with van der Waals surface area (Å²) >= 11 is 7.04. The van der Waals surface area contributed by atoms with E-state index < -0.39 is 5.69 Å². The van der Waals surface area contributed by atoms with Crippen molar-refractivity contribution >= 4 is 28.9 Å². The number of hydrogen-bond acceptors (Lipinski definition) is 5. The van der Waals surface area contributed by atoms with Crippen LogP contribution >= 0.6 is 17.1 Å². The van der Waals surface area contributed by atoms with Gasteiger partial charge < -0.3 is 14.4 Å². The lowest BCUT2D eigenvalue weighted by Gasteiger charge is -2.23. The van der Waals surface area contributed by atoms with Crippen molar-refractivity contribution in [1.29, 1.82) is 0 Å².